The number of urea groups is 1. The van der Waals surface area contributed by atoms with E-state index in [4.69, 9.17) is 4.74 Å². The molecule has 2 heterocycles. The van der Waals surface area contributed by atoms with Crippen molar-refractivity contribution in [2.24, 2.45) is 0 Å². The van der Waals surface area contributed by atoms with Crippen LogP contribution in [0, 0.1) is 0 Å². The molecule has 0 spiro atoms. The van der Waals surface area contributed by atoms with E-state index in [0.717, 1.165) is 12.0 Å². The predicted molar refractivity (Wildman–Crippen MR) is 108 cm³/mol. The van der Waals surface area contributed by atoms with Crippen LogP contribution in [-0.2, 0) is 11.2 Å². The van der Waals surface area contributed by atoms with Gasteiger partial charge in [-0.3, -0.25) is 4.79 Å². The standard InChI is InChI=1S/C21H23F3N4O3/c1-2-14-5-3-6-16(11-14)31-18-9-8-15(12-25-18)27-20(30)28-10-4-7-17(28)19(29)26-13-21(22,23)24/h3,5-6,8-9,11-12,17H,2,4,7,10,13H2,1H3,(H,26,29)(H,27,30). The number of pyridine rings is 1. The number of aryl methyl sites for hydroxylation is 1. The van der Waals surface area contributed by atoms with Crippen molar-refractivity contribution in [1.82, 2.24) is 15.2 Å². The normalized spacial score (nSPS) is 16.1. The van der Waals surface area contributed by atoms with Crippen molar-refractivity contribution in [1.29, 1.82) is 0 Å². The summed E-state index contributed by atoms with van der Waals surface area (Å²) in [4.78, 5) is 30.0. The van der Waals surface area contributed by atoms with Gasteiger partial charge >= 0.3 is 12.2 Å². The van der Waals surface area contributed by atoms with Crippen LogP contribution in [0.3, 0.4) is 0 Å². The minimum absolute atomic E-state index is 0.276. The number of anilines is 1. The Kier molecular flexibility index (Phi) is 6.98. The maximum atomic E-state index is 12.5. The van der Waals surface area contributed by atoms with E-state index in [0.29, 0.717) is 30.2 Å². The molecule has 1 aliphatic rings. The maximum Gasteiger partial charge on any atom is 0.405 e. The number of benzene rings is 1. The number of nitrogens with one attached hydrogen (secondary N) is 2. The highest BCUT2D eigenvalue weighted by Crippen LogP contribution is 2.23. The number of hydrogen-bond acceptors (Lipinski definition) is 4. The molecule has 3 rings (SSSR count). The van der Waals surface area contributed by atoms with Gasteiger partial charge in [-0.2, -0.15) is 13.2 Å². The van der Waals surface area contributed by atoms with E-state index in [9.17, 15) is 22.8 Å². The van der Waals surface area contributed by atoms with Gasteiger partial charge in [0.05, 0.1) is 11.9 Å². The van der Waals surface area contributed by atoms with E-state index in [1.54, 1.807) is 12.1 Å². The number of alkyl halides is 3. The molecular formula is C21H23F3N4O3. The van der Waals surface area contributed by atoms with Crippen LogP contribution in [0.1, 0.15) is 25.3 Å². The lowest BCUT2D eigenvalue weighted by molar-refractivity contribution is -0.140. The Morgan fingerprint density at radius 1 is 1.26 bits per heavy atom. The summed E-state index contributed by atoms with van der Waals surface area (Å²) in [7, 11) is 0. The Bertz CT molecular complexity index is 919. The van der Waals surface area contributed by atoms with Crippen LogP contribution in [0.5, 0.6) is 11.6 Å². The molecule has 0 bridgehead atoms. The average Bonchev–Trinajstić information content (AvgIpc) is 3.23. The van der Waals surface area contributed by atoms with Crippen molar-refractivity contribution in [2.45, 2.75) is 38.4 Å². The van der Waals surface area contributed by atoms with Gasteiger partial charge in [-0.05, 0) is 43.0 Å². The molecule has 1 saturated heterocycles. The van der Waals surface area contributed by atoms with Crippen molar-refractivity contribution >= 4 is 17.6 Å². The van der Waals surface area contributed by atoms with E-state index >= 15 is 0 Å². The van der Waals surface area contributed by atoms with Crippen LogP contribution < -0.4 is 15.4 Å². The Morgan fingerprint density at radius 3 is 2.74 bits per heavy atom. The molecule has 0 saturated carbocycles. The first-order valence-electron chi connectivity index (χ1n) is 9.90. The van der Waals surface area contributed by atoms with E-state index < -0.39 is 30.7 Å². The topological polar surface area (TPSA) is 83.6 Å². The third kappa shape index (κ3) is 6.34. The second kappa shape index (κ2) is 9.67. The van der Waals surface area contributed by atoms with Gasteiger partial charge in [0, 0.05) is 12.6 Å². The average molecular weight is 436 g/mol. The van der Waals surface area contributed by atoms with Crippen molar-refractivity contribution in [3.8, 4) is 11.6 Å². The number of hydrogen-bond donors (Lipinski definition) is 2. The SMILES string of the molecule is CCc1cccc(Oc2ccc(NC(=O)N3CCCC3C(=O)NCC(F)(F)F)cn2)c1. The molecule has 1 unspecified atom stereocenters. The highest BCUT2D eigenvalue weighted by molar-refractivity contribution is 5.94. The van der Waals surface area contributed by atoms with Gasteiger partial charge in [-0.25, -0.2) is 9.78 Å². The van der Waals surface area contributed by atoms with Crippen molar-refractivity contribution in [3.05, 3.63) is 48.2 Å². The smallest absolute Gasteiger partial charge is 0.405 e. The van der Waals surface area contributed by atoms with Gasteiger partial charge in [0.25, 0.3) is 0 Å². The summed E-state index contributed by atoms with van der Waals surface area (Å²) in [5, 5.41) is 4.45. The Labute approximate surface area is 177 Å². The molecule has 10 heteroatoms. The predicted octanol–water partition coefficient (Wildman–Crippen LogP) is 4.11. The quantitative estimate of drug-likeness (QED) is 0.714. The molecule has 1 aromatic carbocycles. The Hall–Kier alpha value is -3.30. The highest BCUT2D eigenvalue weighted by Gasteiger charge is 2.36. The van der Waals surface area contributed by atoms with Crippen molar-refractivity contribution < 1.29 is 27.5 Å². The summed E-state index contributed by atoms with van der Waals surface area (Å²) in [6, 6.07) is 9.28. The zero-order valence-corrected chi connectivity index (χ0v) is 16.9. The molecule has 1 fully saturated rings. The van der Waals surface area contributed by atoms with Crippen LogP contribution in [0.4, 0.5) is 23.7 Å². The summed E-state index contributed by atoms with van der Waals surface area (Å²) >= 11 is 0. The largest absolute Gasteiger partial charge is 0.439 e. The summed E-state index contributed by atoms with van der Waals surface area (Å²) < 4.78 is 42.7. The molecule has 31 heavy (non-hydrogen) atoms. The number of likely N-dealkylation sites (tertiary alicyclic amines) is 1. The molecule has 3 amide bonds. The van der Waals surface area contributed by atoms with Crippen LogP contribution in [0.2, 0.25) is 0 Å². The minimum Gasteiger partial charge on any atom is -0.439 e. The van der Waals surface area contributed by atoms with E-state index in [2.05, 4.69) is 10.3 Å². The van der Waals surface area contributed by atoms with Gasteiger partial charge in [0.1, 0.15) is 18.3 Å². The van der Waals surface area contributed by atoms with Crippen LogP contribution in [-0.4, -0.2) is 47.1 Å². The number of halogens is 3. The van der Waals surface area contributed by atoms with Gasteiger partial charge in [0.2, 0.25) is 11.8 Å². The summed E-state index contributed by atoms with van der Waals surface area (Å²) in [5.74, 6) is 0.173. The third-order valence-electron chi connectivity index (χ3n) is 4.80. The lowest BCUT2D eigenvalue weighted by atomic mass is 10.2. The fourth-order valence-corrected chi connectivity index (χ4v) is 3.25. The first-order valence-corrected chi connectivity index (χ1v) is 9.90. The lowest BCUT2D eigenvalue weighted by Gasteiger charge is -2.24. The lowest BCUT2D eigenvalue weighted by Crippen LogP contribution is -2.49. The Balaban J connectivity index is 1.57. The molecule has 166 valence electrons. The molecule has 2 aromatic rings. The molecule has 0 radical (unpaired) electrons. The minimum atomic E-state index is -4.51. The number of carbonyl (C=O) groups excluding carboxylic acids is 2. The van der Waals surface area contributed by atoms with E-state index in [-0.39, 0.29) is 6.54 Å². The summed E-state index contributed by atoms with van der Waals surface area (Å²) in [5.41, 5.74) is 1.50. The second-order valence-electron chi connectivity index (χ2n) is 7.10. The molecule has 1 atom stereocenters. The number of rotatable bonds is 6. The number of carbonyl (C=O) groups is 2. The highest BCUT2D eigenvalue weighted by atomic mass is 19.4. The fourth-order valence-electron chi connectivity index (χ4n) is 3.25. The first-order chi connectivity index (χ1) is 14.7. The van der Waals surface area contributed by atoms with Crippen LogP contribution in [0.15, 0.2) is 42.6 Å². The van der Waals surface area contributed by atoms with Crippen molar-refractivity contribution in [2.75, 3.05) is 18.4 Å². The molecule has 1 aromatic heterocycles. The monoisotopic (exact) mass is 436 g/mol. The summed E-state index contributed by atoms with van der Waals surface area (Å²) in [6.45, 7) is 0.891. The van der Waals surface area contributed by atoms with E-state index in [1.807, 2.05) is 36.5 Å². The van der Waals surface area contributed by atoms with Crippen LogP contribution >= 0.6 is 0 Å². The molecular weight excluding hydrogens is 413 g/mol. The zero-order valence-electron chi connectivity index (χ0n) is 16.9. The van der Waals surface area contributed by atoms with Crippen molar-refractivity contribution in [3.63, 3.8) is 0 Å². The molecule has 0 aliphatic carbocycles. The van der Waals surface area contributed by atoms with Gasteiger partial charge < -0.3 is 20.3 Å². The Morgan fingerprint density at radius 2 is 2.06 bits per heavy atom. The fraction of sp³-hybridized carbons (Fsp3) is 0.381. The second-order valence-corrected chi connectivity index (χ2v) is 7.10. The number of nitrogens with zero attached hydrogens (tertiary/aromatic N) is 2. The maximum absolute atomic E-state index is 12.5. The molecule has 7 nitrogen and oxygen atoms in total. The zero-order chi connectivity index (χ0) is 22.4. The summed E-state index contributed by atoms with van der Waals surface area (Å²) in [6.07, 6.45) is -1.39. The number of ether oxygens (including phenoxy) is 1. The third-order valence-corrected chi connectivity index (χ3v) is 4.80. The van der Waals surface area contributed by atoms with Crippen LogP contribution in [0.25, 0.3) is 0 Å². The first kappa shape index (κ1) is 22.4. The van der Waals surface area contributed by atoms with E-state index in [1.165, 1.54) is 11.1 Å². The van der Waals surface area contributed by atoms with Gasteiger partial charge in [0.15, 0.2) is 0 Å². The number of amides is 3. The molecule has 2 N–H and O–H groups in total. The van der Waals surface area contributed by atoms with Gasteiger partial charge in [-0.1, -0.05) is 19.1 Å². The molecule has 1 aliphatic heterocycles. The number of aromatic nitrogens is 1. The van der Waals surface area contributed by atoms with Gasteiger partial charge in [-0.15, -0.1) is 0 Å².